The minimum atomic E-state index is 0.782. The van der Waals surface area contributed by atoms with E-state index < -0.39 is 0 Å². The quantitative estimate of drug-likeness (QED) is 0.544. The highest BCUT2D eigenvalue weighted by Crippen LogP contribution is 2.12. The maximum Gasteiger partial charge on any atom is 0.225 e. The summed E-state index contributed by atoms with van der Waals surface area (Å²) in [4.78, 5) is 22.8. The Labute approximate surface area is 192 Å². The molecule has 0 aliphatic carbocycles. The van der Waals surface area contributed by atoms with Crippen molar-refractivity contribution >= 4 is 11.9 Å². The highest BCUT2D eigenvalue weighted by molar-refractivity contribution is 5.80. The average Bonchev–Trinajstić information content (AvgIpc) is 2.87. The Bertz CT molecular complexity index is 838. The van der Waals surface area contributed by atoms with Gasteiger partial charge in [-0.15, -0.1) is 0 Å². The Hall–Kier alpha value is -2.71. The Morgan fingerprint density at radius 2 is 1.50 bits per heavy atom. The van der Waals surface area contributed by atoms with Crippen LogP contribution >= 0.6 is 0 Å². The monoisotopic (exact) mass is 436 g/mol. The molecule has 3 heterocycles. The van der Waals surface area contributed by atoms with E-state index in [0.29, 0.717) is 0 Å². The van der Waals surface area contributed by atoms with Crippen LogP contribution in [0, 0.1) is 0 Å². The molecule has 8 nitrogen and oxygen atoms in total. The SMILES string of the molecule is CCN1CCN(Cc2ccc(CNC(=NC)N3CCN(c4ncccn4)CC3)cc2)CC1. The molecule has 0 radical (unpaired) electrons. The van der Waals surface area contributed by atoms with Gasteiger partial charge in [-0.2, -0.15) is 0 Å². The summed E-state index contributed by atoms with van der Waals surface area (Å²) < 4.78 is 0. The Morgan fingerprint density at radius 1 is 0.875 bits per heavy atom. The predicted molar refractivity (Wildman–Crippen MR) is 130 cm³/mol. The summed E-state index contributed by atoms with van der Waals surface area (Å²) in [5.41, 5.74) is 2.67. The summed E-state index contributed by atoms with van der Waals surface area (Å²) in [6, 6.07) is 10.9. The maximum absolute atomic E-state index is 4.50. The first-order chi connectivity index (χ1) is 15.7. The number of aromatic nitrogens is 2. The average molecular weight is 437 g/mol. The second kappa shape index (κ2) is 11.2. The summed E-state index contributed by atoms with van der Waals surface area (Å²) in [7, 11) is 1.86. The number of likely N-dealkylation sites (N-methyl/N-ethyl adjacent to an activating group) is 1. The summed E-state index contributed by atoms with van der Waals surface area (Å²) in [6.45, 7) is 13.5. The minimum absolute atomic E-state index is 0.782. The van der Waals surface area contributed by atoms with Crippen molar-refractivity contribution < 1.29 is 0 Å². The number of hydrogen-bond acceptors (Lipinski definition) is 6. The van der Waals surface area contributed by atoms with Gasteiger partial charge in [0.05, 0.1) is 0 Å². The van der Waals surface area contributed by atoms with Crippen molar-refractivity contribution in [3.63, 3.8) is 0 Å². The first-order valence-electron chi connectivity index (χ1n) is 11.7. The molecule has 2 aliphatic rings. The fraction of sp³-hybridized carbons (Fsp3) is 0.542. The van der Waals surface area contributed by atoms with Crippen LogP contribution in [-0.4, -0.2) is 96.6 Å². The zero-order valence-electron chi connectivity index (χ0n) is 19.5. The number of benzene rings is 1. The summed E-state index contributed by atoms with van der Waals surface area (Å²) >= 11 is 0. The highest BCUT2D eigenvalue weighted by Gasteiger charge is 2.21. The maximum atomic E-state index is 4.50. The van der Waals surface area contributed by atoms with E-state index in [0.717, 1.165) is 70.8 Å². The molecule has 172 valence electrons. The van der Waals surface area contributed by atoms with Crippen LogP contribution in [0.25, 0.3) is 0 Å². The molecular weight excluding hydrogens is 400 g/mol. The molecule has 2 aromatic rings. The Morgan fingerprint density at radius 3 is 2.12 bits per heavy atom. The number of aliphatic imine (C=N–C) groups is 1. The van der Waals surface area contributed by atoms with Crippen molar-refractivity contribution in [2.75, 3.05) is 70.9 Å². The molecule has 2 fully saturated rings. The molecule has 0 atom stereocenters. The second-order valence-electron chi connectivity index (χ2n) is 8.45. The fourth-order valence-corrected chi connectivity index (χ4v) is 4.37. The lowest BCUT2D eigenvalue weighted by atomic mass is 10.1. The van der Waals surface area contributed by atoms with E-state index in [1.165, 1.54) is 24.2 Å². The molecule has 0 bridgehead atoms. The molecule has 8 heteroatoms. The topological polar surface area (TPSA) is 63.1 Å². The van der Waals surface area contributed by atoms with Gasteiger partial charge in [-0.05, 0) is 23.7 Å². The molecule has 32 heavy (non-hydrogen) atoms. The van der Waals surface area contributed by atoms with E-state index in [9.17, 15) is 0 Å². The molecule has 2 saturated heterocycles. The minimum Gasteiger partial charge on any atom is -0.352 e. The third-order valence-corrected chi connectivity index (χ3v) is 6.42. The van der Waals surface area contributed by atoms with Gasteiger partial charge in [-0.25, -0.2) is 9.97 Å². The number of guanidine groups is 1. The Balaban J connectivity index is 1.22. The molecular formula is C24H36N8. The molecule has 0 amide bonds. The van der Waals surface area contributed by atoms with Gasteiger partial charge in [0.2, 0.25) is 5.95 Å². The van der Waals surface area contributed by atoms with E-state index in [-0.39, 0.29) is 0 Å². The van der Waals surface area contributed by atoms with Crippen LogP contribution in [0.4, 0.5) is 5.95 Å². The smallest absolute Gasteiger partial charge is 0.225 e. The second-order valence-corrected chi connectivity index (χ2v) is 8.45. The van der Waals surface area contributed by atoms with Gasteiger partial charge in [0.1, 0.15) is 0 Å². The first-order valence-corrected chi connectivity index (χ1v) is 11.7. The normalized spacial score (nSPS) is 18.8. The number of nitrogens with one attached hydrogen (secondary N) is 1. The molecule has 1 aromatic carbocycles. The van der Waals surface area contributed by atoms with Gasteiger partial charge >= 0.3 is 0 Å². The van der Waals surface area contributed by atoms with Crippen molar-refractivity contribution in [1.29, 1.82) is 0 Å². The zero-order valence-corrected chi connectivity index (χ0v) is 19.5. The molecule has 1 aromatic heterocycles. The molecule has 0 unspecified atom stereocenters. The van der Waals surface area contributed by atoms with Crippen molar-refractivity contribution in [3.8, 4) is 0 Å². The van der Waals surface area contributed by atoms with E-state index >= 15 is 0 Å². The van der Waals surface area contributed by atoms with Crippen LogP contribution in [0.15, 0.2) is 47.7 Å². The first kappa shape index (κ1) is 22.5. The van der Waals surface area contributed by atoms with E-state index in [4.69, 9.17) is 0 Å². The lowest BCUT2D eigenvalue weighted by Gasteiger charge is -2.36. The van der Waals surface area contributed by atoms with Crippen molar-refractivity contribution in [1.82, 2.24) is 30.0 Å². The zero-order chi connectivity index (χ0) is 22.2. The predicted octanol–water partition coefficient (Wildman–Crippen LogP) is 1.51. The Kier molecular flexibility index (Phi) is 7.90. The van der Waals surface area contributed by atoms with Crippen molar-refractivity contribution in [3.05, 3.63) is 53.9 Å². The number of nitrogens with zero attached hydrogens (tertiary/aromatic N) is 7. The van der Waals surface area contributed by atoms with Gasteiger partial charge in [0.15, 0.2) is 5.96 Å². The number of hydrogen-bond donors (Lipinski definition) is 1. The third kappa shape index (κ3) is 5.95. The van der Waals surface area contributed by atoms with Crippen LogP contribution in [0.3, 0.4) is 0 Å². The van der Waals surface area contributed by atoms with Crippen LogP contribution in [-0.2, 0) is 13.1 Å². The summed E-state index contributed by atoms with van der Waals surface area (Å²) in [5.74, 6) is 1.76. The molecule has 1 N–H and O–H groups in total. The van der Waals surface area contributed by atoms with Gasteiger partial charge in [-0.3, -0.25) is 9.89 Å². The number of anilines is 1. The van der Waals surface area contributed by atoms with Crippen LogP contribution in [0.1, 0.15) is 18.1 Å². The van der Waals surface area contributed by atoms with Crippen LogP contribution < -0.4 is 10.2 Å². The lowest BCUT2D eigenvalue weighted by Crippen LogP contribution is -2.52. The van der Waals surface area contributed by atoms with Gasteiger partial charge in [-0.1, -0.05) is 31.2 Å². The van der Waals surface area contributed by atoms with E-state index in [1.807, 2.05) is 13.1 Å². The molecule has 0 spiro atoms. The summed E-state index contributed by atoms with van der Waals surface area (Å²) in [5, 5.41) is 3.53. The molecule has 0 saturated carbocycles. The van der Waals surface area contributed by atoms with Crippen molar-refractivity contribution in [2.45, 2.75) is 20.0 Å². The number of rotatable bonds is 6. The van der Waals surface area contributed by atoms with Gasteiger partial charge in [0, 0.05) is 84.9 Å². The largest absolute Gasteiger partial charge is 0.352 e. The fourth-order valence-electron chi connectivity index (χ4n) is 4.37. The lowest BCUT2D eigenvalue weighted by molar-refractivity contribution is 0.132. The number of piperazine rings is 2. The third-order valence-electron chi connectivity index (χ3n) is 6.42. The van der Waals surface area contributed by atoms with Crippen molar-refractivity contribution in [2.24, 2.45) is 4.99 Å². The van der Waals surface area contributed by atoms with Crippen LogP contribution in [0.5, 0.6) is 0 Å². The summed E-state index contributed by atoms with van der Waals surface area (Å²) in [6.07, 6.45) is 3.60. The van der Waals surface area contributed by atoms with E-state index in [2.05, 4.69) is 71.1 Å². The molecule has 2 aliphatic heterocycles. The van der Waals surface area contributed by atoms with E-state index in [1.54, 1.807) is 12.4 Å². The highest BCUT2D eigenvalue weighted by atomic mass is 15.4. The standard InChI is InChI=1S/C24H36N8/c1-3-29-11-13-30(14-12-29)20-22-7-5-21(6-8-22)19-28-23(25-2)31-15-17-32(18-16-31)24-26-9-4-10-27-24/h4-10H,3,11-20H2,1-2H3,(H,25,28). The molecule has 4 rings (SSSR count). The van der Waals surface area contributed by atoms with Gasteiger partial charge < -0.3 is 20.0 Å². The van der Waals surface area contributed by atoms with Crippen LogP contribution in [0.2, 0.25) is 0 Å². The van der Waals surface area contributed by atoms with Gasteiger partial charge in [0.25, 0.3) is 0 Å².